The van der Waals surface area contributed by atoms with E-state index < -0.39 is 10.8 Å². The normalized spacial score (nSPS) is 10.8. The minimum atomic E-state index is -1.39. The predicted molar refractivity (Wildman–Crippen MR) is 143 cm³/mol. The highest BCUT2D eigenvalue weighted by Gasteiger charge is 2.17. The smallest absolute Gasteiger partial charge is 0.162 e. The average molecular weight is 479 g/mol. The summed E-state index contributed by atoms with van der Waals surface area (Å²) in [5, 5.41) is 4.33. The number of rotatable bonds is 6. The molecule has 1 atom stereocenters. The molecule has 0 aliphatic heterocycles. The molecule has 0 bridgehead atoms. The van der Waals surface area contributed by atoms with E-state index in [9.17, 15) is 4.21 Å². The number of hydrogen-bond donors (Lipinski definition) is 1. The quantitative estimate of drug-likeness (QED) is 0.310. The molecule has 0 spiro atoms. The fourth-order valence-corrected chi connectivity index (χ4v) is 4.37. The molecule has 34 heavy (non-hydrogen) atoms. The molecule has 0 aliphatic carbocycles. The molecular formula is C28H34N2O3S. The minimum absolute atomic E-state index is 0.613. The van der Waals surface area contributed by atoms with E-state index in [-0.39, 0.29) is 0 Å². The van der Waals surface area contributed by atoms with Gasteiger partial charge in [0.25, 0.3) is 0 Å². The SMILES string of the molecule is CC.CC.COc1ccc(Nc2c(S(=O)c3ccc(C)cc3)cnc3ccccc23)cc1OC. The number of aromatic nitrogens is 1. The number of nitrogens with one attached hydrogen (secondary N) is 1. The molecule has 4 aromatic rings. The summed E-state index contributed by atoms with van der Waals surface area (Å²) < 4.78 is 24.2. The summed E-state index contributed by atoms with van der Waals surface area (Å²) in [6.07, 6.45) is 1.68. The Labute approximate surface area is 205 Å². The Kier molecular flexibility index (Phi) is 10.6. The van der Waals surface area contributed by atoms with Gasteiger partial charge in [-0.2, -0.15) is 0 Å². The van der Waals surface area contributed by atoms with Crippen LogP contribution in [0.15, 0.2) is 82.7 Å². The van der Waals surface area contributed by atoms with Gasteiger partial charge in [-0.1, -0.05) is 63.6 Å². The molecule has 0 amide bonds. The van der Waals surface area contributed by atoms with E-state index in [2.05, 4.69) is 10.3 Å². The fraction of sp³-hybridized carbons (Fsp3) is 0.250. The number of benzene rings is 3. The Balaban J connectivity index is 0.000000970. The number of anilines is 2. The Morgan fingerprint density at radius 2 is 1.47 bits per heavy atom. The van der Waals surface area contributed by atoms with Crippen LogP contribution in [0.2, 0.25) is 0 Å². The van der Waals surface area contributed by atoms with Crippen LogP contribution in [-0.2, 0) is 10.8 Å². The molecule has 1 aromatic heterocycles. The van der Waals surface area contributed by atoms with Crippen molar-refractivity contribution in [2.75, 3.05) is 19.5 Å². The van der Waals surface area contributed by atoms with Crippen molar-refractivity contribution in [3.8, 4) is 11.5 Å². The number of pyridine rings is 1. The molecule has 0 fully saturated rings. The van der Waals surface area contributed by atoms with E-state index >= 15 is 0 Å². The Morgan fingerprint density at radius 3 is 2.12 bits per heavy atom. The van der Waals surface area contributed by atoms with E-state index in [0.717, 1.165) is 32.7 Å². The van der Waals surface area contributed by atoms with Crippen molar-refractivity contribution >= 4 is 33.1 Å². The summed E-state index contributed by atoms with van der Waals surface area (Å²) in [5.41, 5.74) is 3.50. The van der Waals surface area contributed by atoms with Crippen molar-refractivity contribution in [3.63, 3.8) is 0 Å². The van der Waals surface area contributed by atoms with E-state index in [4.69, 9.17) is 9.47 Å². The maximum Gasteiger partial charge on any atom is 0.162 e. The van der Waals surface area contributed by atoms with Crippen LogP contribution in [0.1, 0.15) is 33.3 Å². The van der Waals surface area contributed by atoms with Crippen LogP contribution in [0.3, 0.4) is 0 Å². The number of methoxy groups -OCH3 is 2. The summed E-state index contributed by atoms with van der Waals surface area (Å²) in [7, 11) is 1.81. The molecule has 6 heteroatoms. The minimum Gasteiger partial charge on any atom is -0.493 e. The third-order valence-corrected chi connectivity index (χ3v) is 6.24. The second-order valence-electron chi connectivity index (χ2n) is 6.79. The highest BCUT2D eigenvalue weighted by molar-refractivity contribution is 7.85. The monoisotopic (exact) mass is 478 g/mol. The zero-order chi connectivity index (χ0) is 25.1. The molecule has 1 unspecified atom stereocenters. The van der Waals surface area contributed by atoms with Gasteiger partial charge in [0, 0.05) is 28.2 Å². The number of fused-ring (bicyclic) bond motifs is 1. The van der Waals surface area contributed by atoms with Crippen LogP contribution < -0.4 is 14.8 Å². The summed E-state index contributed by atoms with van der Waals surface area (Å²) in [6.45, 7) is 10.0. The Bertz CT molecular complexity index is 1220. The van der Waals surface area contributed by atoms with Crippen molar-refractivity contribution in [3.05, 3.63) is 78.5 Å². The van der Waals surface area contributed by atoms with Crippen LogP contribution in [-0.4, -0.2) is 23.4 Å². The van der Waals surface area contributed by atoms with Crippen molar-refractivity contribution in [2.24, 2.45) is 0 Å². The van der Waals surface area contributed by atoms with Gasteiger partial charge in [0.05, 0.1) is 41.1 Å². The van der Waals surface area contributed by atoms with Gasteiger partial charge < -0.3 is 14.8 Å². The lowest BCUT2D eigenvalue weighted by atomic mass is 10.1. The maximum absolute atomic E-state index is 13.4. The number of hydrogen-bond acceptors (Lipinski definition) is 5. The molecular weight excluding hydrogens is 444 g/mol. The maximum atomic E-state index is 13.4. The summed E-state index contributed by atoms with van der Waals surface area (Å²) in [4.78, 5) is 5.88. The van der Waals surface area contributed by atoms with Gasteiger partial charge in [0.2, 0.25) is 0 Å². The summed E-state index contributed by atoms with van der Waals surface area (Å²) in [5.74, 6) is 1.26. The zero-order valence-corrected chi connectivity index (χ0v) is 21.8. The molecule has 4 rings (SSSR count). The van der Waals surface area contributed by atoms with Gasteiger partial charge >= 0.3 is 0 Å². The van der Waals surface area contributed by atoms with Crippen LogP contribution in [0, 0.1) is 6.92 Å². The molecule has 0 aliphatic rings. The zero-order valence-electron chi connectivity index (χ0n) is 21.0. The van der Waals surface area contributed by atoms with Crippen LogP contribution in [0.4, 0.5) is 11.4 Å². The van der Waals surface area contributed by atoms with E-state index in [1.54, 1.807) is 20.4 Å². The lowest BCUT2D eigenvalue weighted by Crippen LogP contribution is -2.02. The van der Waals surface area contributed by atoms with Gasteiger partial charge in [-0.3, -0.25) is 4.98 Å². The summed E-state index contributed by atoms with van der Waals surface area (Å²) >= 11 is 0. The second-order valence-corrected chi connectivity index (χ2v) is 8.24. The fourth-order valence-electron chi connectivity index (χ4n) is 3.24. The van der Waals surface area contributed by atoms with Gasteiger partial charge in [0.15, 0.2) is 11.5 Å². The first-order chi connectivity index (χ1) is 16.6. The van der Waals surface area contributed by atoms with Gasteiger partial charge in [0.1, 0.15) is 0 Å². The topological polar surface area (TPSA) is 60.5 Å². The van der Waals surface area contributed by atoms with Crippen molar-refractivity contribution in [1.29, 1.82) is 0 Å². The number of ether oxygens (including phenoxy) is 2. The van der Waals surface area contributed by atoms with Crippen molar-refractivity contribution < 1.29 is 13.7 Å². The lowest BCUT2D eigenvalue weighted by Gasteiger charge is -2.16. The molecule has 1 heterocycles. The first-order valence-corrected chi connectivity index (χ1v) is 12.6. The predicted octanol–water partition coefficient (Wildman–Crippen LogP) is 7.52. The molecule has 3 aromatic carbocycles. The third kappa shape index (κ3) is 6.14. The first-order valence-electron chi connectivity index (χ1n) is 11.5. The highest BCUT2D eigenvalue weighted by atomic mass is 32.2. The lowest BCUT2D eigenvalue weighted by molar-refractivity contribution is 0.355. The van der Waals surface area contributed by atoms with Crippen molar-refractivity contribution in [2.45, 2.75) is 44.4 Å². The van der Waals surface area contributed by atoms with E-state index in [0.29, 0.717) is 16.4 Å². The van der Waals surface area contributed by atoms with Crippen LogP contribution in [0.5, 0.6) is 11.5 Å². The number of para-hydroxylation sites is 1. The molecule has 0 saturated heterocycles. The standard InChI is InChI=1S/C24H22N2O3S.2C2H6/c1-16-8-11-18(12-9-16)30(27)23-15-25-20-7-5-4-6-19(20)24(23)26-17-10-13-21(28-2)22(14-17)29-3;2*1-2/h4-15H,1-3H3,(H,25,26);2*1-2H3. The van der Waals surface area contributed by atoms with Gasteiger partial charge in [-0.05, 0) is 37.3 Å². The molecule has 5 nitrogen and oxygen atoms in total. The Morgan fingerprint density at radius 1 is 0.824 bits per heavy atom. The van der Waals surface area contributed by atoms with Gasteiger partial charge in [-0.15, -0.1) is 0 Å². The molecule has 180 valence electrons. The van der Waals surface area contributed by atoms with Gasteiger partial charge in [-0.25, -0.2) is 4.21 Å². The molecule has 0 radical (unpaired) electrons. The number of nitrogens with zero attached hydrogens (tertiary/aromatic N) is 1. The largest absolute Gasteiger partial charge is 0.493 e. The summed E-state index contributed by atoms with van der Waals surface area (Å²) in [6, 6.07) is 21.1. The second kappa shape index (κ2) is 13.4. The molecule has 1 N–H and O–H groups in total. The third-order valence-electron chi connectivity index (χ3n) is 4.83. The first kappa shape index (κ1) is 26.9. The van der Waals surface area contributed by atoms with Crippen LogP contribution in [0.25, 0.3) is 10.9 Å². The van der Waals surface area contributed by atoms with Crippen LogP contribution >= 0.6 is 0 Å². The van der Waals surface area contributed by atoms with E-state index in [1.807, 2.05) is 101 Å². The average Bonchev–Trinajstić information content (AvgIpc) is 2.91. The molecule has 0 saturated carbocycles. The Hall–Kier alpha value is -3.38. The highest BCUT2D eigenvalue weighted by Crippen LogP contribution is 2.36. The van der Waals surface area contributed by atoms with Crippen molar-refractivity contribution in [1.82, 2.24) is 4.98 Å². The van der Waals surface area contributed by atoms with E-state index in [1.165, 1.54) is 0 Å². The number of aryl methyl sites for hydroxylation is 1.